The number of rotatable bonds is 5. The second kappa shape index (κ2) is 6.87. The molecule has 1 unspecified atom stereocenters. The predicted molar refractivity (Wildman–Crippen MR) is 94.0 cm³/mol. The Morgan fingerprint density at radius 1 is 1.36 bits per heavy atom. The Morgan fingerprint density at radius 2 is 2.12 bits per heavy atom. The number of carbonyl (C=O) groups is 2. The van der Waals surface area contributed by atoms with Crippen LogP contribution in [-0.4, -0.2) is 42.9 Å². The first-order valence-corrected chi connectivity index (χ1v) is 9.02. The molecule has 1 atom stereocenters. The average Bonchev–Trinajstić information content (AvgIpc) is 3.23. The summed E-state index contributed by atoms with van der Waals surface area (Å²) < 4.78 is 3.77. The monoisotopic (exact) mass is 359 g/mol. The number of nitrogens with one attached hydrogen (secondary N) is 1. The highest BCUT2D eigenvalue weighted by molar-refractivity contribution is 7.03. The van der Waals surface area contributed by atoms with Crippen LogP contribution in [0.5, 0.6) is 0 Å². The molecule has 8 heteroatoms. The maximum Gasteiger partial charge on any atom is 0.276 e. The maximum absolute atomic E-state index is 13.0. The highest BCUT2D eigenvalue weighted by atomic mass is 32.1. The molecule has 1 saturated carbocycles. The molecule has 2 aromatic rings. The number of nitrogens with zero attached hydrogens (tertiary/aromatic N) is 4. The van der Waals surface area contributed by atoms with Crippen LogP contribution in [0.3, 0.4) is 0 Å². The zero-order valence-electron chi connectivity index (χ0n) is 14.5. The van der Waals surface area contributed by atoms with E-state index in [0.717, 1.165) is 24.4 Å². The summed E-state index contributed by atoms with van der Waals surface area (Å²) in [4.78, 5) is 31.8. The Balaban J connectivity index is 1.99. The lowest BCUT2D eigenvalue weighted by molar-refractivity contribution is -0.127. The largest absolute Gasteiger partial charge is 0.349 e. The first-order chi connectivity index (χ1) is 11.9. The van der Waals surface area contributed by atoms with Crippen molar-refractivity contribution in [3.05, 3.63) is 41.2 Å². The Kier molecular flexibility index (Phi) is 4.80. The molecule has 2 amide bonds. The van der Waals surface area contributed by atoms with E-state index in [9.17, 15) is 9.59 Å². The third-order valence-corrected chi connectivity index (χ3v) is 4.28. The molecule has 1 aliphatic rings. The second-order valence-electron chi connectivity index (χ2n) is 7.16. The summed E-state index contributed by atoms with van der Waals surface area (Å²) in [6.07, 6.45) is 5.04. The normalized spacial score (nSPS) is 15.5. The van der Waals surface area contributed by atoms with Crippen LogP contribution in [0.2, 0.25) is 0 Å². The Hall–Kier alpha value is -2.35. The second-order valence-corrected chi connectivity index (χ2v) is 7.77. The lowest BCUT2D eigenvalue weighted by Crippen LogP contribution is -2.50. The highest BCUT2D eigenvalue weighted by Crippen LogP contribution is 2.36. The SMILES string of the molecule is CC(C)(C)NC(=O)C(c1cccnc1)N(C(=O)c1csnn1)C1CC1. The van der Waals surface area contributed by atoms with E-state index >= 15 is 0 Å². The van der Waals surface area contributed by atoms with E-state index in [1.54, 1.807) is 28.7 Å². The zero-order valence-corrected chi connectivity index (χ0v) is 15.3. The van der Waals surface area contributed by atoms with Crippen molar-refractivity contribution in [2.75, 3.05) is 0 Å². The molecule has 0 saturated heterocycles. The zero-order chi connectivity index (χ0) is 18.0. The molecule has 0 radical (unpaired) electrons. The molecule has 1 N–H and O–H groups in total. The first-order valence-electron chi connectivity index (χ1n) is 8.18. The van der Waals surface area contributed by atoms with Gasteiger partial charge < -0.3 is 10.2 Å². The molecular formula is C17H21N5O2S. The van der Waals surface area contributed by atoms with Crippen molar-refractivity contribution in [1.82, 2.24) is 24.8 Å². The topological polar surface area (TPSA) is 88.1 Å². The van der Waals surface area contributed by atoms with Gasteiger partial charge in [0.25, 0.3) is 5.91 Å². The van der Waals surface area contributed by atoms with Crippen LogP contribution >= 0.6 is 11.5 Å². The van der Waals surface area contributed by atoms with Gasteiger partial charge in [-0.25, -0.2) is 0 Å². The van der Waals surface area contributed by atoms with Crippen molar-refractivity contribution < 1.29 is 9.59 Å². The van der Waals surface area contributed by atoms with Crippen molar-refractivity contribution in [3.63, 3.8) is 0 Å². The average molecular weight is 359 g/mol. The molecule has 7 nitrogen and oxygen atoms in total. The van der Waals surface area contributed by atoms with E-state index in [-0.39, 0.29) is 23.6 Å². The number of amides is 2. The molecule has 3 rings (SSSR count). The van der Waals surface area contributed by atoms with E-state index in [2.05, 4.69) is 19.9 Å². The molecular weight excluding hydrogens is 338 g/mol. The number of aromatic nitrogens is 3. The molecule has 1 aliphatic carbocycles. The summed E-state index contributed by atoms with van der Waals surface area (Å²) in [5.41, 5.74) is 0.555. The van der Waals surface area contributed by atoms with Crippen molar-refractivity contribution in [2.24, 2.45) is 0 Å². The summed E-state index contributed by atoms with van der Waals surface area (Å²) >= 11 is 1.12. The van der Waals surface area contributed by atoms with Crippen molar-refractivity contribution in [3.8, 4) is 0 Å². The van der Waals surface area contributed by atoms with E-state index in [0.29, 0.717) is 5.56 Å². The van der Waals surface area contributed by atoms with Crippen molar-refractivity contribution in [2.45, 2.75) is 51.2 Å². The molecule has 0 bridgehead atoms. The Bertz CT molecular complexity index is 738. The van der Waals surface area contributed by atoms with Gasteiger partial charge in [-0.15, -0.1) is 5.10 Å². The number of hydrogen-bond acceptors (Lipinski definition) is 6. The molecule has 0 aromatic carbocycles. The van der Waals surface area contributed by atoms with Crippen LogP contribution in [-0.2, 0) is 4.79 Å². The van der Waals surface area contributed by atoms with E-state index in [4.69, 9.17) is 0 Å². The minimum absolute atomic E-state index is 0.0325. The minimum Gasteiger partial charge on any atom is -0.349 e. The molecule has 132 valence electrons. The summed E-state index contributed by atoms with van der Waals surface area (Å²) in [5.74, 6) is -0.488. The minimum atomic E-state index is -0.741. The van der Waals surface area contributed by atoms with Crippen LogP contribution in [0.1, 0.15) is 55.7 Å². The van der Waals surface area contributed by atoms with Gasteiger partial charge in [0.15, 0.2) is 5.69 Å². The standard InChI is InChI=1S/C17H21N5O2S/c1-17(2,3)19-15(23)14(11-5-4-8-18-9-11)22(12-6-7-12)16(24)13-10-25-21-20-13/h4-5,8-10,12,14H,6-7H2,1-3H3,(H,19,23). The van der Waals surface area contributed by atoms with Gasteiger partial charge in [-0.3, -0.25) is 14.6 Å². The van der Waals surface area contributed by atoms with Crippen LogP contribution in [0.4, 0.5) is 0 Å². The summed E-state index contributed by atoms with van der Waals surface area (Å²) in [5, 5.41) is 8.48. The fourth-order valence-electron chi connectivity index (χ4n) is 2.65. The smallest absolute Gasteiger partial charge is 0.276 e. The third kappa shape index (κ3) is 4.19. The molecule has 2 heterocycles. The Morgan fingerprint density at radius 3 is 2.64 bits per heavy atom. The van der Waals surface area contributed by atoms with Crippen LogP contribution in [0, 0.1) is 0 Å². The summed E-state index contributed by atoms with van der Waals surface area (Å²) in [6, 6.07) is 2.88. The number of hydrogen-bond donors (Lipinski definition) is 1. The number of pyridine rings is 1. The lowest BCUT2D eigenvalue weighted by Gasteiger charge is -2.33. The quantitative estimate of drug-likeness (QED) is 0.884. The number of carbonyl (C=O) groups excluding carboxylic acids is 2. The van der Waals surface area contributed by atoms with Gasteiger partial charge in [-0.05, 0) is 51.2 Å². The maximum atomic E-state index is 13.0. The van der Waals surface area contributed by atoms with E-state index < -0.39 is 11.6 Å². The molecule has 0 aliphatic heterocycles. The van der Waals surface area contributed by atoms with Crippen molar-refractivity contribution in [1.29, 1.82) is 0 Å². The highest BCUT2D eigenvalue weighted by Gasteiger charge is 2.43. The van der Waals surface area contributed by atoms with Crippen molar-refractivity contribution >= 4 is 23.3 Å². The fourth-order valence-corrected chi connectivity index (χ4v) is 3.08. The first kappa shape index (κ1) is 17.5. The Labute approximate surface area is 150 Å². The lowest BCUT2D eigenvalue weighted by atomic mass is 10.0. The van der Waals surface area contributed by atoms with Crippen LogP contribution in [0.25, 0.3) is 0 Å². The molecule has 25 heavy (non-hydrogen) atoms. The van der Waals surface area contributed by atoms with Gasteiger partial charge >= 0.3 is 0 Å². The van der Waals surface area contributed by atoms with Gasteiger partial charge in [0.05, 0.1) is 0 Å². The third-order valence-electron chi connectivity index (χ3n) is 3.78. The van der Waals surface area contributed by atoms with E-state index in [1.165, 1.54) is 0 Å². The molecule has 0 spiro atoms. The molecule has 1 fully saturated rings. The van der Waals surface area contributed by atoms with Gasteiger partial charge in [0.1, 0.15) is 6.04 Å². The molecule has 2 aromatic heterocycles. The van der Waals surface area contributed by atoms with Gasteiger partial charge in [0.2, 0.25) is 5.91 Å². The predicted octanol–water partition coefficient (Wildman–Crippen LogP) is 2.19. The fraction of sp³-hybridized carbons (Fsp3) is 0.471. The summed E-state index contributed by atoms with van der Waals surface area (Å²) in [7, 11) is 0. The summed E-state index contributed by atoms with van der Waals surface area (Å²) in [6.45, 7) is 5.75. The van der Waals surface area contributed by atoms with Gasteiger partial charge in [-0.1, -0.05) is 10.6 Å². The van der Waals surface area contributed by atoms with E-state index in [1.807, 2.05) is 26.8 Å². The van der Waals surface area contributed by atoms with Crippen LogP contribution < -0.4 is 5.32 Å². The van der Waals surface area contributed by atoms with Crippen LogP contribution in [0.15, 0.2) is 29.9 Å². The van der Waals surface area contributed by atoms with Gasteiger partial charge in [-0.2, -0.15) is 0 Å². The van der Waals surface area contributed by atoms with Gasteiger partial charge in [0, 0.05) is 34.9 Å².